The first kappa shape index (κ1) is 24.9. The zero-order chi connectivity index (χ0) is 23.8. The van der Waals surface area contributed by atoms with Gasteiger partial charge in [-0.3, -0.25) is 9.59 Å². The maximum absolute atomic E-state index is 13.6. The van der Waals surface area contributed by atoms with Crippen LogP contribution in [0.3, 0.4) is 0 Å². The van der Waals surface area contributed by atoms with Gasteiger partial charge in [0.15, 0.2) is 0 Å². The molecule has 2 amide bonds. The zero-order valence-corrected chi connectivity index (χ0v) is 20.6. The minimum absolute atomic E-state index is 0.0108. The molecule has 6 heteroatoms. The molecular formula is C27H39N3O3. The van der Waals surface area contributed by atoms with Crippen molar-refractivity contribution in [3.63, 3.8) is 0 Å². The Kier molecular flexibility index (Phi) is 8.98. The predicted molar refractivity (Wildman–Crippen MR) is 131 cm³/mol. The molecule has 1 aliphatic heterocycles. The molecule has 0 aliphatic carbocycles. The molecule has 1 aromatic heterocycles. The Hall–Kier alpha value is -2.76. The van der Waals surface area contributed by atoms with Gasteiger partial charge in [-0.05, 0) is 50.1 Å². The molecular weight excluding hydrogens is 414 g/mol. The van der Waals surface area contributed by atoms with Crippen molar-refractivity contribution in [1.82, 2.24) is 14.4 Å². The molecule has 0 N–H and O–H groups in total. The summed E-state index contributed by atoms with van der Waals surface area (Å²) in [5.41, 5.74) is 2.10. The highest BCUT2D eigenvalue weighted by Gasteiger charge is 2.34. The van der Waals surface area contributed by atoms with Crippen LogP contribution in [0.4, 0.5) is 0 Å². The summed E-state index contributed by atoms with van der Waals surface area (Å²) in [4.78, 5) is 30.2. The average Bonchev–Trinajstić information content (AvgIpc) is 3.30. The van der Waals surface area contributed by atoms with Crippen molar-refractivity contribution in [2.24, 2.45) is 0 Å². The third kappa shape index (κ3) is 6.18. The highest BCUT2D eigenvalue weighted by Crippen LogP contribution is 2.34. The van der Waals surface area contributed by atoms with Crippen LogP contribution < -0.4 is 4.74 Å². The van der Waals surface area contributed by atoms with Crippen LogP contribution in [0.5, 0.6) is 5.75 Å². The largest absolute Gasteiger partial charge is 0.497 e. The van der Waals surface area contributed by atoms with Crippen LogP contribution >= 0.6 is 0 Å². The van der Waals surface area contributed by atoms with Crippen molar-refractivity contribution in [2.75, 3.05) is 20.2 Å². The summed E-state index contributed by atoms with van der Waals surface area (Å²) in [5, 5.41) is 0. The molecule has 1 aromatic carbocycles. The third-order valence-electron chi connectivity index (χ3n) is 6.51. The van der Waals surface area contributed by atoms with Gasteiger partial charge in [0, 0.05) is 37.4 Å². The van der Waals surface area contributed by atoms with E-state index >= 15 is 0 Å². The molecule has 1 aliphatic rings. The Labute approximate surface area is 198 Å². The Balaban J connectivity index is 1.76. The number of fused-ring (bicyclic) bond motifs is 1. The molecule has 1 unspecified atom stereocenters. The smallest absolute Gasteiger partial charge is 0.243 e. The van der Waals surface area contributed by atoms with Gasteiger partial charge in [-0.2, -0.15) is 0 Å². The monoisotopic (exact) mass is 453 g/mol. The summed E-state index contributed by atoms with van der Waals surface area (Å²) in [5.74, 6) is 0.835. The van der Waals surface area contributed by atoms with Crippen molar-refractivity contribution in [3.05, 3.63) is 53.9 Å². The molecule has 180 valence electrons. The summed E-state index contributed by atoms with van der Waals surface area (Å²) < 4.78 is 7.64. The molecule has 0 bridgehead atoms. The van der Waals surface area contributed by atoms with Crippen molar-refractivity contribution in [1.29, 1.82) is 0 Å². The van der Waals surface area contributed by atoms with Gasteiger partial charge in [-0.25, -0.2) is 0 Å². The minimum atomic E-state index is -0.200. The Morgan fingerprint density at radius 1 is 1.09 bits per heavy atom. The van der Waals surface area contributed by atoms with Crippen molar-refractivity contribution < 1.29 is 14.3 Å². The summed E-state index contributed by atoms with van der Waals surface area (Å²) in [7, 11) is 1.65. The topological polar surface area (TPSA) is 54.8 Å². The molecule has 0 saturated heterocycles. The number of aromatic nitrogens is 1. The molecule has 0 radical (unpaired) electrons. The lowest BCUT2D eigenvalue weighted by Crippen LogP contribution is -2.49. The SMILES string of the molecule is CCCCCCCC(=O)N(CC(=O)N1CCn2cccc2C1c1cccc(OC)c1)C(C)C. The number of hydrogen-bond acceptors (Lipinski definition) is 3. The second kappa shape index (κ2) is 11.9. The van der Waals surface area contributed by atoms with Gasteiger partial charge in [0.1, 0.15) is 12.3 Å². The number of hydrogen-bond donors (Lipinski definition) is 0. The molecule has 33 heavy (non-hydrogen) atoms. The number of nitrogens with zero attached hydrogens (tertiary/aromatic N) is 3. The maximum Gasteiger partial charge on any atom is 0.243 e. The summed E-state index contributed by atoms with van der Waals surface area (Å²) in [6.45, 7) is 7.65. The number of carbonyl (C=O) groups excluding carboxylic acids is 2. The average molecular weight is 454 g/mol. The molecule has 1 atom stereocenters. The first-order valence-corrected chi connectivity index (χ1v) is 12.3. The normalized spacial score (nSPS) is 15.4. The van der Waals surface area contributed by atoms with Gasteiger partial charge in [0.05, 0.1) is 13.2 Å². The minimum Gasteiger partial charge on any atom is -0.497 e. The quantitative estimate of drug-likeness (QED) is 0.449. The van der Waals surface area contributed by atoms with Crippen LogP contribution in [0.2, 0.25) is 0 Å². The second-order valence-electron chi connectivity index (χ2n) is 9.17. The molecule has 0 saturated carbocycles. The van der Waals surface area contributed by atoms with Gasteiger partial charge < -0.3 is 19.1 Å². The van der Waals surface area contributed by atoms with Crippen molar-refractivity contribution in [3.8, 4) is 5.75 Å². The van der Waals surface area contributed by atoms with Gasteiger partial charge in [-0.15, -0.1) is 0 Å². The van der Waals surface area contributed by atoms with E-state index in [4.69, 9.17) is 4.74 Å². The van der Waals surface area contributed by atoms with E-state index < -0.39 is 0 Å². The van der Waals surface area contributed by atoms with E-state index in [1.807, 2.05) is 49.1 Å². The van der Waals surface area contributed by atoms with Crippen LogP contribution in [0.1, 0.15) is 76.6 Å². The maximum atomic E-state index is 13.6. The Morgan fingerprint density at radius 3 is 2.61 bits per heavy atom. The first-order chi connectivity index (χ1) is 16.0. The Bertz CT molecular complexity index is 921. The molecule has 0 fully saturated rings. The van der Waals surface area contributed by atoms with Gasteiger partial charge in [0.25, 0.3) is 0 Å². The fourth-order valence-electron chi connectivity index (χ4n) is 4.63. The molecule has 6 nitrogen and oxygen atoms in total. The first-order valence-electron chi connectivity index (χ1n) is 12.3. The van der Waals surface area contributed by atoms with Gasteiger partial charge in [0.2, 0.25) is 11.8 Å². The molecule has 0 spiro atoms. The standard InChI is InChI=1S/C27H39N3O3/c1-5-6-7-8-9-15-25(31)30(21(2)3)20-26(32)29-18-17-28-16-11-14-24(28)27(29)22-12-10-13-23(19-22)33-4/h10-14,16,19,21,27H,5-9,15,17-18,20H2,1-4H3. The highest BCUT2D eigenvalue weighted by molar-refractivity contribution is 5.85. The number of benzene rings is 1. The number of amides is 2. The van der Waals surface area contributed by atoms with E-state index in [0.29, 0.717) is 13.0 Å². The van der Waals surface area contributed by atoms with Gasteiger partial charge in [-0.1, -0.05) is 44.7 Å². The third-order valence-corrected chi connectivity index (χ3v) is 6.51. The summed E-state index contributed by atoms with van der Waals surface area (Å²) >= 11 is 0. The Morgan fingerprint density at radius 2 is 1.88 bits per heavy atom. The highest BCUT2D eigenvalue weighted by atomic mass is 16.5. The number of methoxy groups -OCH3 is 1. The molecule has 2 aromatic rings. The number of rotatable bonds is 11. The lowest BCUT2D eigenvalue weighted by Gasteiger charge is -2.39. The predicted octanol–water partition coefficient (Wildman–Crippen LogP) is 5.03. The van der Waals surface area contributed by atoms with Crippen molar-refractivity contribution >= 4 is 11.8 Å². The van der Waals surface area contributed by atoms with Gasteiger partial charge >= 0.3 is 0 Å². The van der Waals surface area contributed by atoms with E-state index in [1.165, 1.54) is 19.3 Å². The number of ether oxygens (including phenoxy) is 1. The van der Waals surface area contributed by atoms with Crippen LogP contribution in [0, 0.1) is 0 Å². The lowest BCUT2D eigenvalue weighted by atomic mass is 9.99. The number of unbranched alkanes of at least 4 members (excludes halogenated alkanes) is 4. The summed E-state index contributed by atoms with van der Waals surface area (Å²) in [6.07, 6.45) is 8.10. The van der Waals surface area contributed by atoms with Crippen LogP contribution in [-0.4, -0.2) is 52.4 Å². The fraction of sp³-hybridized carbons (Fsp3) is 0.556. The lowest BCUT2D eigenvalue weighted by molar-refractivity contribution is -0.143. The number of carbonyl (C=O) groups is 2. The van der Waals surface area contributed by atoms with Crippen LogP contribution in [-0.2, 0) is 16.1 Å². The summed E-state index contributed by atoms with van der Waals surface area (Å²) in [6, 6.07) is 11.8. The van der Waals surface area contributed by atoms with Crippen molar-refractivity contribution in [2.45, 2.75) is 77.9 Å². The molecule has 3 rings (SSSR count). The second-order valence-corrected chi connectivity index (χ2v) is 9.17. The molecule has 2 heterocycles. The van der Waals surface area contributed by atoms with E-state index in [2.05, 4.69) is 23.8 Å². The van der Waals surface area contributed by atoms with E-state index in [1.54, 1.807) is 12.0 Å². The zero-order valence-electron chi connectivity index (χ0n) is 20.6. The van der Waals surface area contributed by atoms with E-state index in [9.17, 15) is 9.59 Å². The van der Waals surface area contributed by atoms with E-state index in [0.717, 1.165) is 36.4 Å². The van der Waals surface area contributed by atoms with Crippen LogP contribution in [0.15, 0.2) is 42.6 Å². The fourth-order valence-corrected chi connectivity index (χ4v) is 4.63. The van der Waals surface area contributed by atoms with E-state index in [-0.39, 0.29) is 30.4 Å². The van der Waals surface area contributed by atoms with Crippen LogP contribution in [0.25, 0.3) is 0 Å².